The van der Waals surface area contributed by atoms with Gasteiger partial charge in [0, 0.05) is 19.7 Å². The van der Waals surface area contributed by atoms with Gasteiger partial charge in [-0.3, -0.25) is 4.98 Å². The number of aryl methyl sites for hydroxylation is 1. The van der Waals surface area contributed by atoms with E-state index in [0.29, 0.717) is 0 Å². The summed E-state index contributed by atoms with van der Waals surface area (Å²) in [6.07, 6.45) is 4.31. The molecule has 0 saturated heterocycles. The van der Waals surface area contributed by atoms with E-state index in [1.165, 1.54) is 0 Å². The van der Waals surface area contributed by atoms with Gasteiger partial charge in [-0.2, -0.15) is 0 Å². The van der Waals surface area contributed by atoms with E-state index in [2.05, 4.69) is 14.5 Å². The number of phenolic OH excluding ortho intramolecular Hbond substituents is 1. The topological polar surface area (TPSA) is 50.9 Å². The summed E-state index contributed by atoms with van der Waals surface area (Å²) in [5.74, 6) is 1.27. The van der Waals surface area contributed by atoms with Crippen LogP contribution in [0.2, 0.25) is 0 Å². The summed E-state index contributed by atoms with van der Waals surface area (Å²) in [6.45, 7) is 0. The van der Waals surface area contributed by atoms with Crippen LogP contribution in [0.1, 0.15) is 11.4 Å². The summed E-state index contributed by atoms with van der Waals surface area (Å²) >= 11 is 0. The Balaban J connectivity index is 1.99. The highest BCUT2D eigenvalue weighted by Gasteiger charge is 2.07. The van der Waals surface area contributed by atoms with Crippen molar-refractivity contribution in [1.29, 1.82) is 0 Å². The Morgan fingerprint density at radius 2 is 1.94 bits per heavy atom. The molecule has 2 heterocycles. The summed E-state index contributed by atoms with van der Waals surface area (Å²) in [6, 6.07) is 9.12. The maximum Gasteiger partial charge on any atom is 0.115 e. The molecule has 1 N–H and O–H groups in total. The number of pyridine rings is 1. The zero-order valence-corrected chi connectivity index (χ0v) is 10.0. The Hall–Kier alpha value is -2.36. The normalized spacial score (nSPS) is 10.9. The fraction of sp³-hybridized carbons (Fsp3) is 0.143. The van der Waals surface area contributed by atoms with Gasteiger partial charge in [-0.1, -0.05) is 12.1 Å². The van der Waals surface area contributed by atoms with Gasteiger partial charge in [0.15, 0.2) is 0 Å². The van der Waals surface area contributed by atoms with Crippen molar-refractivity contribution in [2.24, 2.45) is 7.05 Å². The number of imidazole rings is 1. The average molecular weight is 239 g/mol. The molecule has 1 aromatic carbocycles. The van der Waals surface area contributed by atoms with Crippen LogP contribution >= 0.6 is 0 Å². The van der Waals surface area contributed by atoms with Crippen molar-refractivity contribution in [3.05, 3.63) is 54.1 Å². The smallest absolute Gasteiger partial charge is 0.115 e. The number of hydrogen-bond acceptors (Lipinski definition) is 3. The van der Waals surface area contributed by atoms with E-state index in [-0.39, 0.29) is 5.75 Å². The highest BCUT2D eigenvalue weighted by atomic mass is 16.3. The van der Waals surface area contributed by atoms with Crippen LogP contribution in [0.5, 0.6) is 5.75 Å². The molecule has 0 unspecified atom stereocenters. The number of nitrogens with zero attached hydrogens (tertiary/aromatic N) is 3. The lowest BCUT2D eigenvalue weighted by Crippen LogP contribution is -1.98. The maximum atomic E-state index is 9.26. The molecule has 0 saturated carbocycles. The highest BCUT2D eigenvalue weighted by Crippen LogP contribution is 2.17. The molecule has 3 rings (SSSR count). The number of aromatic hydroxyl groups is 1. The van der Waals surface area contributed by atoms with E-state index < -0.39 is 0 Å². The van der Waals surface area contributed by atoms with E-state index in [1.807, 2.05) is 31.4 Å². The lowest BCUT2D eigenvalue weighted by Gasteiger charge is -2.02. The van der Waals surface area contributed by atoms with Crippen molar-refractivity contribution in [3.8, 4) is 5.75 Å². The molecule has 4 heteroatoms. The fourth-order valence-corrected chi connectivity index (χ4v) is 2.04. The Labute approximate surface area is 105 Å². The number of fused-ring (bicyclic) bond motifs is 1. The molecule has 0 fully saturated rings. The average Bonchev–Trinajstić information content (AvgIpc) is 2.70. The Morgan fingerprint density at radius 3 is 2.67 bits per heavy atom. The van der Waals surface area contributed by atoms with Gasteiger partial charge in [-0.25, -0.2) is 4.98 Å². The summed E-state index contributed by atoms with van der Waals surface area (Å²) in [5, 5.41) is 9.26. The SMILES string of the molecule is Cn1c(Cc2ccc(O)cc2)nc2ccncc21. The van der Waals surface area contributed by atoms with Crippen LogP contribution in [-0.4, -0.2) is 19.6 Å². The first kappa shape index (κ1) is 10.8. The molecule has 3 aromatic rings. The third kappa shape index (κ3) is 1.82. The van der Waals surface area contributed by atoms with Crippen molar-refractivity contribution in [1.82, 2.24) is 14.5 Å². The van der Waals surface area contributed by atoms with Crippen LogP contribution in [0, 0.1) is 0 Å². The predicted octanol–water partition coefficient (Wildman–Crippen LogP) is 2.26. The van der Waals surface area contributed by atoms with Crippen LogP contribution in [-0.2, 0) is 13.5 Å². The molecule has 2 aromatic heterocycles. The molecule has 0 radical (unpaired) electrons. The second kappa shape index (κ2) is 4.14. The first-order valence-corrected chi connectivity index (χ1v) is 5.77. The van der Waals surface area contributed by atoms with E-state index in [1.54, 1.807) is 18.3 Å². The van der Waals surface area contributed by atoms with Crippen LogP contribution in [0.3, 0.4) is 0 Å². The Bertz CT molecular complexity index is 686. The van der Waals surface area contributed by atoms with E-state index in [9.17, 15) is 5.11 Å². The van der Waals surface area contributed by atoms with Gasteiger partial charge >= 0.3 is 0 Å². The highest BCUT2D eigenvalue weighted by molar-refractivity contribution is 5.74. The van der Waals surface area contributed by atoms with E-state index >= 15 is 0 Å². The quantitative estimate of drug-likeness (QED) is 0.746. The lowest BCUT2D eigenvalue weighted by molar-refractivity contribution is 0.475. The van der Waals surface area contributed by atoms with Gasteiger partial charge in [0.1, 0.15) is 11.6 Å². The minimum absolute atomic E-state index is 0.285. The molecule has 4 nitrogen and oxygen atoms in total. The molecule has 18 heavy (non-hydrogen) atoms. The van der Waals surface area contributed by atoms with Crippen LogP contribution < -0.4 is 0 Å². The van der Waals surface area contributed by atoms with Crippen LogP contribution in [0.25, 0.3) is 11.0 Å². The summed E-state index contributed by atoms with van der Waals surface area (Å²) in [5.41, 5.74) is 3.12. The Kier molecular flexibility index (Phi) is 2.48. The zero-order chi connectivity index (χ0) is 12.5. The monoisotopic (exact) mass is 239 g/mol. The molecule has 0 spiro atoms. The van der Waals surface area contributed by atoms with Gasteiger partial charge in [0.05, 0.1) is 17.2 Å². The first-order chi connectivity index (χ1) is 8.74. The second-order valence-corrected chi connectivity index (χ2v) is 4.29. The third-order valence-electron chi connectivity index (χ3n) is 3.07. The second-order valence-electron chi connectivity index (χ2n) is 4.29. The van der Waals surface area contributed by atoms with Crippen LogP contribution in [0.15, 0.2) is 42.7 Å². The number of hydrogen-bond donors (Lipinski definition) is 1. The maximum absolute atomic E-state index is 9.26. The van der Waals surface area contributed by atoms with Crippen molar-refractivity contribution >= 4 is 11.0 Å². The molecule has 0 bridgehead atoms. The van der Waals surface area contributed by atoms with E-state index in [0.717, 1.165) is 28.8 Å². The molecular formula is C14H13N3O. The molecule has 0 amide bonds. The van der Waals surface area contributed by atoms with Crippen molar-refractivity contribution in [2.75, 3.05) is 0 Å². The molecule has 0 aliphatic carbocycles. The summed E-state index contributed by atoms with van der Waals surface area (Å²) in [4.78, 5) is 8.70. The minimum atomic E-state index is 0.285. The summed E-state index contributed by atoms with van der Waals surface area (Å²) < 4.78 is 2.05. The molecule has 0 atom stereocenters. The van der Waals surface area contributed by atoms with Crippen molar-refractivity contribution in [3.63, 3.8) is 0 Å². The van der Waals surface area contributed by atoms with Gasteiger partial charge in [0.25, 0.3) is 0 Å². The van der Waals surface area contributed by atoms with Crippen molar-refractivity contribution < 1.29 is 5.11 Å². The fourth-order valence-electron chi connectivity index (χ4n) is 2.04. The third-order valence-corrected chi connectivity index (χ3v) is 3.07. The number of aromatic nitrogens is 3. The standard InChI is InChI=1S/C14H13N3O/c1-17-13-9-15-7-6-12(13)16-14(17)8-10-2-4-11(18)5-3-10/h2-7,9,18H,8H2,1H3. The largest absolute Gasteiger partial charge is 0.508 e. The summed E-state index contributed by atoms with van der Waals surface area (Å²) in [7, 11) is 1.99. The van der Waals surface area contributed by atoms with Gasteiger partial charge in [0.2, 0.25) is 0 Å². The number of benzene rings is 1. The number of phenols is 1. The molecule has 90 valence electrons. The number of rotatable bonds is 2. The Morgan fingerprint density at radius 1 is 1.17 bits per heavy atom. The molecule has 0 aliphatic rings. The van der Waals surface area contributed by atoms with Crippen molar-refractivity contribution in [2.45, 2.75) is 6.42 Å². The minimum Gasteiger partial charge on any atom is -0.508 e. The van der Waals surface area contributed by atoms with E-state index in [4.69, 9.17) is 0 Å². The lowest BCUT2D eigenvalue weighted by atomic mass is 10.1. The van der Waals surface area contributed by atoms with Gasteiger partial charge in [-0.05, 0) is 23.8 Å². The first-order valence-electron chi connectivity index (χ1n) is 5.77. The predicted molar refractivity (Wildman–Crippen MR) is 69.4 cm³/mol. The van der Waals surface area contributed by atoms with Crippen LogP contribution in [0.4, 0.5) is 0 Å². The zero-order valence-electron chi connectivity index (χ0n) is 10.0. The molecule has 0 aliphatic heterocycles. The van der Waals surface area contributed by atoms with Gasteiger partial charge in [-0.15, -0.1) is 0 Å². The van der Waals surface area contributed by atoms with Gasteiger partial charge < -0.3 is 9.67 Å². The molecular weight excluding hydrogens is 226 g/mol.